The van der Waals surface area contributed by atoms with Gasteiger partial charge in [-0.2, -0.15) is 0 Å². The Bertz CT molecular complexity index is 494. The van der Waals surface area contributed by atoms with Gasteiger partial charge in [0.1, 0.15) is 0 Å². The van der Waals surface area contributed by atoms with Crippen LogP contribution in [0.5, 0.6) is 0 Å². The molecular formula is C14H18F2N2O2. The zero-order valence-electron chi connectivity index (χ0n) is 11.3. The molecule has 1 aromatic carbocycles. The van der Waals surface area contributed by atoms with Crippen LogP contribution in [0.1, 0.15) is 12.5 Å². The van der Waals surface area contributed by atoms with Gasteiger partial charge in [0.05, 0.1) is 19.1 Å². The van der Waals surface area contributed by atoms with Gasteiger partial charge >= 0.3 is 0 Å². The van der Waals surface area contributed by atoms with Crippen LogP contribution >= 0.6 is 0 Å². The number of hydrogen-bond acceptors (Lipinski definition) is 3. The highest BCUT2D eigenvalue weighted by Gasteiger charge is 2.26. The van der Waals surface area contributed by atoms with Crippen molar-refractivity contribution >= 4 is 5.91 Å². The second-order valence-electron chi connectivity index (χ2n) is 5.03. The summed E-state index contributed by atoms with van der Waals surface area (Å²) in [5.74, 6) is -1.99. The molecule has 6 heteroatoms. The van der Waals surface area contributed by atoms with Gasteiger partial charge in [-0.1, -0.05) is 6.07 Å². The normalized spacial score (nSPS) is 20.8. The molecule has 0 radical (unpaired) electrons. The van der Waals surface area contributed by atoms with Crippen LogP contribution in [0, 0.1) is 11.6 Å². The fourth-order valence-corrected chi connectivity index (χ4v) is 2.16. The molecule has 1 aliphatic rings. The predicted molar refractivity (Wildman–Crippen MR) is 70.0 cm³/mol. The highest BCUT2D eigenvalue weighted by molar-refractivity contribution is 5.78. The van der Waals surface area contributed by atoms with E-state index in [1.54, 1.807) is 4.90 Å². The molecule has 0 spiro atoms. The Kier molecular flexibility index (Phi) is 4.67. The lowest BCUT2D eigenvalue weighted by Gasteiger charge is -2.34. The first-order chi connectivity index (χ1) is 9.47. The molecule has 1 aromatic rings. The molecule has 2 unspecified atom stereocenters. The van der Waals surface area contributed by atoms with E-state index in [-0.39, 0.29) is 24.5 Å². The van der Waals surface area contributed by atoms with E-state index in [4.69, 9.17) is 10.5 Å². The Morgan fingerprint density at radius 2 is 2.25 bits per heavy atom. The second-order valence-corrected chi connectivity index (χ2v) is 5.03. The van der Waals surface area contributed by atoms with Crippen molar-refractivity contribution in [1.29, 1.82) is 0 Å². The number of rotatable bonds is 3. The number of nitrogens with two attached hydrogens (primary N) is 1. The van der Waals surface area contributed by atoms with Gasteiger partial charge in [-0.05, 0) is 24.6 Å². The first-order valence-electron chi connectivity index (χ1n) is 6.56. The standard InChI is InChI=1S/C14H18F2N2O2/c1-9(17)13-8-18(4-5-20-13)14(19)7-10-2-3-11(15)12(16)6-10/h2-3,6,9,13H,4-5,7-8,17H2,1H3. The largest absolute Gasteiger partial charge is 0.373 e. The quantitative estimate of drug-likeness (QED) is 0.903. The highest BCUT2D eigenvalue weighted by Crippen LogP contribution is 2.13. The number of ether oxygens (including phenoxy) is 1. The molecule has 1 amide bonds. The van der Waals surface area contributed by atoms with E-state index in [0.29, 0.717) is 25.3 Å². The van der Waals surface area contributed by atoms with Crippen LogP contribution in [0.2, 0.25) is 0 Å². The summed E-state index contributed by atoms with van der Waals surface area (Å²) < 4.78 is 31.4. The number of nitrogens with zero attached hydrogens (tertiary/aromatic N) is 1. The minimum atomic E-state index is -0.939. The Labute approximate surface area is 116 Å². The molecule has 0 aliphatic carbocycles. The monoisotopic (exact) mass is 284 g/mol. The van der Waals surface area contributed by atoms with Crippen LogP contribution < -0.4 is 5.73 Å². The van der Waals surface area contributed by atoms with Crippen LogP contribution in [-0.2, 0) is 16.0 Å². The fraction of sp³-hybridized carbons (Fsp3) is 0.500. The first-order valence-corrected chi connectivity index (χ1v) is 6.56. The summed E-state index contributed by atoms with van der Waals surface area (Å²) in [5, 5.41) is 0. The van der Waals surface area contributed by atoms with Gasteiger partial charge in [-0.3, -0.25) is 4.79 Å². The minimum Gasteiger partial charge on any atom is -0.373 e. The van der Waals surface area contributed by atoms with Gasteiger partial charge in [-0.15, -0.1) is 0 Å². The van der Waals surface area contributed by atoms with E-state index in [1.165, 1.54) is 6.07 Å². The first kappa shape index (κ1) is 14.9. The average Bonchev–Trinajstić information content (AvgIpc) is 2.43. The number of hydrogen-bond donors (Lipinski definition) is 1. The Hall–Kier alpha value is -1.53. The third-order valence-electron chi connectivity index (χ3n) is 3.37. The minimum absolute atomic E-state index is 0.0445. The molecule has 1 heterocycles. The van der Waals surface area contributed by atoms with Crippen molar-refractivity contribution in [3.63, 3.8) is 0 Å². The molecule has 2 N–H and O–H groups in total. The van der Waals surface area contributed by atoms with Crippen molar-refractivity contribution < 1.29 is 18.3 Å². The molecule has 4 nitrogen and oxygen atoms in total. The third-order valence-corrected chi connectivity index (χ3v) is 3.37. The molecule has 110 valence electrons. The predicted octanol–water partition coefficient (Wildman–Crippen LogP) is 1.08. The van der Waals surface area contributed by atoms with Gasteiger partial charge in [0.25, 0.3) is 0 Å². The van der Waals surface area contributed by atoms with E-state index in [2.05, 4.69) is 0 Å². The van der Waals surface area contributed by atoms with Crippen LogP contribution in [0.4, 0.5) is 8.78 Å². The lowest BCUT2D eigenvalue weighted by molar-refractivity contribution is -0.138. The summed E-state index contributed by atoms with van der Waals surface area (Å²) in [5.41, 5.74) is 6.22. The Morgan fingerprint density at radius 3 is 2.90 bits per heavy atom. The van der Waals surface area contributed by atoms with E-state index >= 15 is 0 Å². The maximum Gasteiger partial charge on any atom is 0.227 e. The van der Waals surface area contributed by atoms with Crippen molar-refractivity contribution in [3.8, 4) is 0 Å². The van der Waals surface area contributed by atoms with Crippen LogP contribution in [0.15, 0.2) is 18.2 Å². The highest BCUT2D eigenvalue weighted by atomic mass is 19.2. The zero-order chi connectivity index (χ0) is 14.7. The lowest BCUT2D eigenvalue weighted by Crippen LogP contribution is -2.51. The summed E-state index contributed by atoms with van der Waals surface area (Å²) in [6.07, 6.45) is -0.138. The third kappa shape index (κ3) is 3.52. The molecule has 1 aliphatic heterocycles. The van der Waals surface area contributed by atoms with Gasteiger partial charge < -0.3 is 15.4 Å². The molecule has 1 saturated heterocycles. The summed E-state index contributed by atoms with van der Waals surface area (Å²) in [6.45, 7) is 3.19. The van der Waals surface area contributed by atoms with Gasteiger partial charge in [-0.25, -0.2) is 8.78 Å². The van der Waals surface area contributed by atoms with E-state index in [9.17, 15) is 13.6 Å². The van der Waals surface area contributed by atoms with Crippen molar-refractivity contribution in [1.82, 2.24) is 4.90 Å². The molecular weight excluding hydrogens is 266 g/mol. The topological polar surface area (TPSA) is 55.6 Å². The van der Waals surface area contributed by atoms with Gasteiger partial charge in [0.15, 0.2) is 11.6 Å². The number of benzene rings is 1. The number of carbonyl (C=O) groups excluding carboxylic acids is 1. The number of carbonyl (C=O) groups is 1. The van der Waals surface area contributed by atoms with Crippen molar-refractivity contribution in [2.24, 2.45) is 5.73 Å². The molecule has 0 saturated carbocycles. The maximum absolute atomic E-state index is 13.1. The Balaban J connectivity index is 1.98. The molecule has 0 bridgehead atoms. The number of amides is 1. The van der Waals surface area contributed by atoms with E-state index in [1.807, 2.05) is 6.92 Å². The molecule has 2 rings (SSSR count). The lowest BCUT2D eigenvalue weighted by atomic mass is 10.1. The molecule has 2 atom stereocenters. The van der Waals surface area contributed by atoms with Crippen LogP contribution in [0.25, 0.3) is 0 Å². The van der Waals surface area contributed by atoms with Crippen LogP contribution in [0.3, 0.4) is 0 Å². The second kappa shape index (κ2) is 6.28. The number of morpholine rings is 1. The maximum atomic E-state index is 13.1. The van der Waals surface area contributed by atoms with E-state index in [0.717, 1.165) is 12.1 Å². The molecule has 0 aromatic heterocycles. The summed E-state index contributed by atoms with van der Waals surface area (Å²) in [6, 6.07) is 3.34. The Morgan fingerprint density at radius 1 is 1.50 bits per heavy atom. The molecule has 1 fully saturated rings. The summed E-state index contributed by atoms with van der Waals surface area (Å²) in [7, 11) is 0. The smallest absolute Gasteiger partial charge is 0.227 e. The van der Waals surface area contributed by atoms with Crippen molar-refractivity contribution in [2.75, 3.05) is 19.7 Å². The van der Waals surface area contributed by atoms with Crippen LogP contribution in [-0.4, -0.2) is 42.6 Å². The average molecular weight is 284 g/mol. The summed E-state index contributed by atoms with van der Waals surface area (Å²) in [4.78, 5) is 13.8. The van der Waals surface area contributed by atoms with Crippen molar-refractivity contribution in [2.45, 2.75) is 25.5 Å². The summed E-state index contributed by atoms with van der Waals surface area (Å²) >= 11 is 0. The fourth-order valence-electron chi connectivity index (χ4n) is 2.16. The SMILES string of the molecule is CC(N)C1CN(C(=O)Cc2ccc(F)c(F)c2)CCO1. The number of halogens is 2. The van der Waals surface area contributed by atoms with Gasteiger partial charge in [0.2, 0.25) is 5.91 Å². The van der Waals surface area contributed by atoms with Gasteiger partial charge in [0, 0.05) is 19.1 Å². The zero-order valence-corrected chi connectivity index (χ0v) is 11.3. The molecule has 20 heavy (non-hydrogen) atoms. The van der Waals surface area contributed by atoms with Crippen molar-refractivity contribution in [3.05, 3.63) is 35.4 Å². The van der Waals surface area contributed by atoms with E-state index < -0.39 is 11.6 Å².